The van der Waals surface area contributed by atoms with Crippen LogP contribution >= 0.6 is 0 Å². The molecule has 2 aromatic rings. The van der Waals surface area contributed by atoms with Crippen LogP contribution < -0.4 is 10.2 Å². The first kappa shape index (κ1) is 34.2. The van der Waals surface area contributed by atoms with Crippen LogP contribution in [0.25, 0.3) is 0 Å². The fourth-order valence-corrected chi connectivity index (χ4v) is 9.32. The maximum Gasteiger partial charge on any atom is 0.0401 e. The van der Waals surface area contributed by atoms with Gasteiger partial charge in [-0.3, -0.25) is 4.90 Å². The van der Waals surface area contributed by atoms with E-state index in [-0.39, 0.29) is 0 Å². The van der Waals surface area contributed by atoms with Crippen molar-refractivity contribution in [1.82, 2.24) is 10.2 Å². The number of hydrogen-bond donors (Lipinski definition) is 1. The lowest BCUT2D eigenvalue weighted by Gasteiger charge is -2.38. The van der Waals surface area contributed by atoms with Gasteiger partial charge in [0.25, 0.3) is 0 Å². The first-order valence-electron chi connectivity index (χ1n) is 19.1. The zero-order valence-corrected chi connectivity index (χ0v) is 29.8. The summed E-state index contributed by atoms with van der Waals surface area (Å²) in [6.07, 6.45) is 15.3. The van der Waals surface area contributed by atoms with Gasteiger partial charge in [0.05, 0.1) is 0 Å². The number of fused-ring (bicyclic) bond motifs is 1. The second-order valence-corrected chi connectivity index (χ2v) is 14.9. The molecule has 6 atom stereocenters. The molecule has 2 saturated heterocycles. The van der Waals surface area contributed by atoms with E-state index in [1.807, 2.05) is 13.8 Å². The van der Waals surface area contributed by atoms with Crippen molar-refractivity contribution in [3.63, 3.8) is 0 Å². The Balaban J connectivity index is 0.00000196. The summed E-state index contributed by atoms with van der Waals surface area (Å²) in [4.78, 5) is 5.47. The Morgan fingerprint density at radius 2 is 1.71 bits per heavy atom. The van der Waals surface area contributed by atoms with E-state index < -0.39 is 0 Å². The number of unbranched alkanes of at least 4 members (excludes halogenated alkanes) is 1. The van der Waals surface area contributed by atoms with E-state index >= 15 is 0 Å². The van der Waals surface area contributed by atoms with Crippen molar-refractivity contribution in [2.24, 2.45) is 23.7 Å². The molecule has 0 radical (unpaired) electrons. The predicted octanol–water partition coefficient (Wildman–Crippen LogP) is 9.45. The first-order valence-corrected chi connectivity index (χ1v) is 19.1. The highest BCUT2D eigenvalue weighted by Gasteiger charge is 2.34. The van der Waals surface area contributed by atoms with E-state index in [0.29, 0.717) is 23.8 Å². The van der Waals surface area contributed by atoms with Crippen LogP contribution in [-0.4, -0.2) is 50.2 Å². The minimum atomic E-state index is 0.651. The molecule has 1 N–H and O–H groups in total. The number of aryl methyl sites for hydroxylation is 2. The Kier molecular flexibility index (Phi) is 12.7. The summed E-state index contributed by atoms with van der Waals surface area (Å²) in [6, 6.07) is 18.1. The summed E-state index contributed by atoms with van der Waals surface area (Å²) >= 11 is 0. The van der Waals surface area contributed by atoms with Crippen LogP contribution in [0.15, 0.2) is 54.1 Å². The van der Waals surface area contributed by atoms with E-state index in [1.54, 1.807) is 22.3 Å². The number of nitrogens with zero attached hydrogens (tertiary/aromatic N) is 2. The Morgan fingerprint density at radius 1 is 0.911 bits per heavy atom. The van der Waals surface area contributed by atoms with Crippen LogP contribution in [0.5, 0.6) is 0 Å². The van der Waals surface area contributed by atoms with Crippen LogP contribution in [-0.2, 0) is 19.3 Å². The minimum absolute atomic E-state index is 0.651. The van der Waals surface area contributed by atoms with Crippen LogP contribution in [0.2, 0.25) is 0 Å². The Hall–Kier alpha value is -2.10. The molecule has 6 unspecified atom stereocenters. The van der Waals surface area contributed by atoms with Crippen molar-refractivity contribution in [2.45, 2.75) is 118 Å². The molecule has 6 rings (SSSR count). The van der Waals surface area contributed by atoms with E-state index in [1.165, 1.54) is 102 Å². The fourth-order valence-electron chi connectivity index (χ4n) is 9.32. The summed E-state index contributed by atoms with van der Waals surface area (Å²) in [5.74, 6) is 3.62. The average molecular weight is 612 g/mol. The zero-order valence-electron chi connectivity index (χ0n) is 29.8. The van der Waals surface area contributed by atoms with E-state index in [2.05, 4.69) is 91.4 Å². The number of benzene rings is 2. The van der Waals surface area contributed by atoms with Gasteiger partial charge in [-0.1, -0.05) is 89.1 Å². The van der Waals surface area contributed by atoms with E-state index in [9.17, 15) is 0 Å². The highest BCUT2D eigenvalue weighted by atomic mass is 15.2. The van der Waals surface area contributed by atoms with Gasteiger partial charge < -0.3 is 10.2 Å². The van der Waals surface area contributed by atoms with Gasteiger partial charge in [-0.15, -0.1) is 0 Å². The number of rotatable bonds is 10. The minimum Gasteiger partial charge on any atom is -0.371 e. The molecule has 0 aromatic heterocycles. The lowest BCUT2D eigenvalue weighted by Crippen LogP contribution is -2.41. The molecular formula is C42H65N3. The van der Waals surface area contributed by atoms with Crippen LogP contribution in [0, 0.1) is 23.7 Å². The predicted molar refractivity (Wildman–Crippen MR) is 196 cm³/mol. The van der Waals surface area contributed by atoms with Crippen molar-refractivity contribution in [3.8, 4) is 0 Å². The third kappa shape index (κ3) is 8.44. The summed E-state index contributed by atoms with van der Waals surface area (Å²) in [5, 5.41) is 3.78. The highest BCUT2D eigenvalue weighted by Crippen LogP contribution is 2.38. The van der Waals surface area contributed by atoms with Crippen molar-refractivity contribution >= 4 is 5.69 Å². The molecule has 3 aliphatic heterocycles. The van der Waals surface area contributed by atoms with Gasteiger partial charge in [-0.05, 0) is 142 Å². The molecule has 2 fully saturated rings. The molecule has 3 heteroatoms. The standard InChI is InChI=1S/C40H59N3.C2H6/c1-5-6-21-42-22-8-11-35-16-12-33(25-38(35)42)15-19-37-27-41-26-31(4)39(37)36-17-13-32(14-18-36)24-34-20-23-43(28-34)40-29(2)9-7-10-30(40)3;1-2/h9,12-14,16-18,25,30-31,34,37,39-41H,5-8,10-11,15,19-24,26-28H2,1-4H3;1-2H3. The summed E-state index contributed by atoms with van der Waals surface area (Å²) in [7, 11) is 0. The number of likely N-dealkylation sites (tertiary alicyclic amines) is 1. The molecule has 1 aliphatic carbocycles. The quantitative estimate of drug-likeness (QED) is 0.270. The number of allylic oxidation sites excluding steroid dienone is 1. The monoisotopic (exact) mass is 612 g/mol. The van der Waals surface area contributed by atoms with Crippen LogP contribution in [0.3, 0.4) is 0 Å². The number of nitrogens with one attached hydrogen (secondary N) is 1. The summed E-state index contributed by atoms with van der Waals surface area (Å²) in [5.41, 5.74) is 9.37. The van der Waals surface area contributed by atoms with Crippen molar-refractivity contribution in [1.29, 1.82) is 0 Å². The topological polar surface area (TPSA) is 18.5 Å². The van der Waals surface area contributed by atoms with Gasteiger partial charge in [0.2, 0.25) is 0 Å². The lowest BCUT2D eigenvalue weighted by atomic mass is 9.73. The maximum absolute atomic E-state index is 3.78. The first-order chi connectivity index (χ1) is 22.0. The SMILES string of the molecule is CC.CCCCN1CCCc2ccc(CCC3CNCC(C)C3c3ccc(CC4CCN(C5C(C)=CCCC5C)C4)cc3)cc21. The number of hydrogen-bond acceptors (Lipinski definition) is 3. The maximum atomic E-state index is 3.78. The van der Waals surface area contributed by atoms with Crippen molar-refractivity contribution in [2.75, 3.05) is 44.2 Å². The Labute approximate surface area is 277 Å². The Morgan fingerprint density at radius 3 is 2.49 bits per heavy atom. The second kappa shape index (κ2) is 16.6. The molecule has 0 spiro atoms. The van der Waals surface area contributed by atoms with Gasteiger partial charge in [-0.25, -0.2) is 0 Å². The van der Waals surface area contributed by atoms with Gasteiger partial charge in [0, 0.05) is 31.4 Å². The van der Waals surface area contributed by atoms with Gasteiger partial charge in [0.15, 0.2) is 0 Å². The molecule has 0 amide bonds. The molecule has 3 nitrogen and oxygen atoms in total. The van der Waals surface area contributed by atoms with Gasteiger partial charge >= 0.3 is 0 Å². The molecule has 0 saturated carbocycles. The van der Waals surface area contributed by atoms with Gasteiger partial charge in [0.1, 0.15) is 0 Å². The average Bonchev–Trinajstić information content (AvgIpc) is 3.51. The van der Waals surface area contributed by atoms with E-state index in [0.717, 1.165) is 24.9 Å². The Bertz CT molecular complexity index is 1210. The zero-order chi connectivity index (χ0) is 31.8. The largest absolute Gasteiger partial charge is 0.371 e. The third-order valence-electron chi connectivity index (χ3n) is 11.6. The molecular weight excluding hydrogens is 546 g/mol. The highest BCUT2D eigenvalue weighted by molar-refractivity contribution is 5.57. The van der Waals surface area contributed by atoms with Crippen LogP contribution in [0.4, 0.5) is 5.69 Å². The van der Waals surface area contributed by atoms with E-state index in [4.69, 9.17) is 0 Å². The molecule has 248 valence electrons. The van der Waals surface area contributed by atoms with Crippen molar-refractivity contribution in [3.05, 3.63) is 76.4 Å². The number of piperidine rings is 1. The van der Waals surface area contributed by atoms with Gasteiger partial charge in [-0.2, -0.15) is 0 Å². The molecule has 3 heterocycles. The summed E-state index contributed by atoms with van der Waals surface area (Å²) < 4.78 is 0. The molecule has 4 aliphatic rings. The molecule has 0 bridgehead atoms. The third-order valence-corrected chi connectivity index (χ3v) is 11.6. The van der Waals surface area contributed by atoms with Crippen molar-refractivity contribution < 1.29 is 0 Å². The molecule has 2 aromatic carbocycles. The smallest absolute Gasteiger partial charge is 0.0401 e. The fraction of sp³-hybridized carbons (Fsp3) is 0.667. The lowest BCUT2D eigenvalue weighted by molar-refractivity contribution is 0.192. The normalized spacial score (nSPS) is 28.7. The summed E-state index contributed by atoms with van der Waals surface area (Å²) in [6.45, 7) is 20.9. The number of anilines is 1. The van der Waals surface area contributed by atoms with Crippen LogP contribution in [0.1, 0.15) is 115 Å². The molecule has 45 heavy (non-hydrogen) atoms. The second-order valence-electron chi connectivity index (χ2n) is 14.9.